The van der Waals surface area contributed by atoms with Crippen LogP contribution in [0.15, 0.2) is 42.5 Å². The molecule has 0 spiro atoms. The Kier molecular flexibility index (Phi) is 10.8. The molecular formula is C30H34F9N3O3. The minimum Gasteiger partial charge on any atom is -0.383 e. The zero-order valence-corrected chi connectivity index (χ0v) is 24.6. The smallest absolute Gasteiger partial charge is 0.383 e. The quantitative estimate of drug-likeness (QED) is 0.318. The molecule has 2 heterocycles. The van der Waals surface area contributed by atoms with Crippen LogP contribution >= 0.6 is 0 Å². The van der Waals surface area contributed by atoms with Gasteiger partial charge in [-0.2, -0.15) is 39.5 Å². The van der Waals surface area contributed by atoms with Crippen LogP contribution in [-0.2, 0) is 34.4 Å². The summed E-state index contributed by atoms with van der Waals surface area (Å²) in [6, 6.07) is 4.41. The summed E-state index contributed by atoms with van der Waals surface area (Å²) >= 11 is 0. The van der Waals surface area contributed by atoms with E-state index in [0.717, 1.165) is 18.6 Å². The van der Waals surface area contributed by atoms with E-state index in [9.17, 15) is 44.3 Å². The van der Waals surface area contributed by atoms with Crippen molar-refractivity contribution in [3.8, 4) is 0 Å². The van der Waals surface area contributed by atoms with Crippen molar-refractivity contribution in [1.29, 1.82) is 0 Å². The lowest BCUT2D eigenvalue weighted by Gasteiger charge is -2.42. The number of halogens is 9. The molecule has 2 fully saturated rings. The van der Waals surface area contributed by atoms with Gasteiger partial charge in [0, 0.05) is 71.1 Å². The molecule has 0 unspecified atom stereocenters. The summed E-state index contributed by atoms with van der Waals surface area (Å²) in [6.07, 6.45) is -14.0. The van der Waals surface area contributed by atoms with Gasteiger partial charge in [0.05, 0.1) is 29.4 Å². The van der Waals surface area contributed by atoms with Crippen molar-refractivity contribution in [2.24, 2.45) is 0 Å². The number of carbonyl (C=O) groups is 1. The van der Waals surface area contributed by atoms with E-state index in [-0.39, 0.29) is 44.3 Å². The number of carbonyl (C=O) groups excluding carboxylic acids is 1. The van der Waals surface area contributed by atoms with E-state index in [0.29, 0.717) is 43.9 Å². The molecule has 45 heavy (non-hydrogen) atoms. The molecule has 3 atom stereocenters. The van der Waals surface area contributed by atoms with Crippen LogP contribution in [0.2, 0.25) is 0 Å². The molecule has 0 bridgehead atoms. The molecule has 2 aromatic carbocycles. The molecule has 0 aromatic heterocycles. The molecule has 2 saturated heterocycles. The fourth-order valence-electron chi connectivity index (χ4n) is 5.93. The summed E-state index contributed by atoms with van der Waals surface area (Å²) in [5.74, 6) is -1.02. The van der Waals surface area contributed by atoms with Crippen LogP contribution in [0, 0.1) is 0 Å². The zero-order valence-electron chi connectivity index (χ0n) is 24.6. The summed E-state index contributed by atoms with van der Waals surface area (Å²) in [4.78, 5) is 19.0. The molecule has 15 heteroatoms. The fourth-order valence-corrected chi connectivity index (χ4v) is 5.93. The highest BCUT2D eigenvalue weighted by molar-refractivity contribution is 5.95. The predicted molar refractivity (Wildman–Crippen MR) is 146 cm³/mol. The normalized spacial score (nSPS) is 22.3. The molecule has 0 aliphatic carbocycles. The van der Waals surface area contributed by atoms with Gasteiger partial charge in [-0.3, -0.25) is 14.6 Å². The number of likely N-dealkylation sites (tertiary alicyclic amines) is 1. The van der Waals surface area contributed by atoms with Gasteiger partial charge in [-0.25, -0.2) is 0 Å². The minimum absolute atomic E-state index is 0.00999. The first-order chi connectivity index (χ1) is 21.0. The van der Waals surface area contributed by atoms with Gasteiger partial charge < -0.3 is 14.4 Å². The van der Waals surface area contributed by atoms with E-state index in [2.05, 4.69) is 4.90 Å². The Morgan fingerprint density at radius 1 is 0.778 bits per heavy atom. The maximum absolute atomic E-state index is 13.6. The lowest BCUT2D eigenvalue weighted by Crippen LogP contribution is -2.57. The largest absolute Gasteiger partial charge is 0.416 e. The average molecular weight is 656 g/mol. The molecule has 2 aromatic rings. The SMILES string of the molecule is COC[C@@H]1C[C@@H](OC)CN1CCN1CCN(C(=O)c2cc(C(F)(F)F)cc(C(F)(F)F)c2)[C@H](Cc2ccc(C(F)(F)F)cc2)C1. The van der Waals surface area contributed by atoms with Crippen LogP contribution in [-0.4, -0.2) is 98.9 Å². The first-order valence-corrected chi connectivity index (χ1v) is 14.2. The van der Waals surface area contributed by atoms with Crippen molar-refractivity contribution in [1.82, 2.24) is 14.7 Å². The number of benzene rings is 2. The van der Waals surface area contributed by atoms with Gasteiger partial charge in [-0.1, -0.05) is 12.1 Å². The first kappa shape index (κ1) is 35.0. The summed E-state index contributed by atoms with van der Waals surface area (Å²) in [5, 5.41) is 0. The van der Waals surface area contributed by atoms with Crippen LogP contribution in [0.25, 0.3) is 0 Å². The third-order valence-corrected chi connectivity index (χ3v) is 8.30. The standard InChI is InChI=1S/C30H34F9N3O3/c1-44-18-25-15-26(45-2)17-41(25)9-7-40-8-10-42(24(16-40)11-19-3-5-21(6-4-19)28(31,32)33)27(43)20-12-22(29(34,35)36)14-23(13-20)30(37,38)39/h3-6,12-14,24-26H,7-11,15-18H2,1-2H3/t24-,25+,26-/m1/s1. The van der Waals surface area contributed by atoms with E-state index in [4.69, 9.17) is 9.47 Å². The van der Waals surface area contributed by atoms with Crippen molar-refractivity contribution < 1.29 is 53.8 Å². The van der Waals surface area contributed by atoms with Crippen molar-refractivity contribution in [3.05, 3.63) is 70.3 Å². The third kappa shape index (κ3) is 8.89. The lowest BCUT2D eigenvalue weighted by atomic mass is 9.98. The molecule has 2 aliphatic heterocycles. The van der Waals surface area contributed by atoms with Gasteiger partial charge >= 0.3 is 18.5 Å². The van der Waals surface area contributed by atoms with Gasteiger partial charge in [0.15, 0.2) is 0 Å². The maximum Gasteiger partial charge on any atom is 0.416 e. The molecule has 0 N–H and O–H groups in total. The van der Waals surface area contributed by atoms with E-state index in [1.807, 2.05) is 4.90 Å². The van der Waals surface area contributed by atoms with E-state index in [1.165, 1.54) is 17.0 Å². The van der Waals surface area contributed by atoms with Gasteiger partial charge in [-0.05, 0) is 48.7 Å². The molecule has 6 nitrogen and oxygen atoms in total. The maximum atomic E-state index is 13.6. The number of rotatable bonds is 9. The first-order valence-electron chi connectivity index (χ1n) is 14.2. The van der Waals surface area contributed by atoms with Gasteiger partial charge in [0.25, 0.3) is 5.91 Å². The average Bonchev–Trinajstić information content (AvgIpc) is 3.36. The van der Waals surface area contributed by atoms with E-state index >= 15 is 0 Å². The molecule has 1 amide bonds. The Morgan fingerprint density at radius 2 is 1.38 bits per heavy atom. The molecular weight excluding hydrogens is 621 g/mol. The topological polar surface area (TPSA) is 45.3 Å². The van der Waals surface area contributed by atoms with Crippen LogP contribution in [0.4, 0.5) is 39.5 Å². The molecule has 0 radical (unpaired) electrons. The highest BCUT2D eigenvalue weighted by Gasteiger charge is 2.40. The number of nitrogens with zero attached hydrogens (tertiary/aromatic N) is 3. The number of hydrogen-bond donors (Lipinski definition) is 0. The summed E-state index contributed by atoms with van der Waals surface area (Å²) < 4.78 is 131. The molecule has 2 aliphatic rings. The third-order valence-electron chi connectivity index (χ3n) is 8.30. The van der Waals surface area contributed by atoms with Crippen LogP contribution in [0.3, 0.4) is 0 Å². The Morgan fingerprint density at radius 3 is 1.91 bits per heavy atom. The van der Waals surface area contributed by atoms with Crippen molar-refractivity contribution in [2.45, 2.75) is 49.6 Å². The molecule has 4 rings (SSSR count). The van der Waals surface area contributed by atoms with Gasteiger partial charge in [0.1, 0.15) is 0 Å². The zero-order chi connectivity index (χ0) is 33.2. The van der Waals surface area contributed by atoms with Crippen LogP contribution in [0.1, 0.15) is 39.0 Å². The number of amides is 1. The Hall–Kier alpha value is -2.88. The second kappa shape index (κ2) is 13.9. The second-order valence-corrected chi connectivity index (χ2v) is 11.3. The second-order valence-electron chi connectivity index (χ2n) is 11.3. The van der Waals surface area contributed by atoms with E-state index in [1.54, 1.807) is 14.2 Å². The molecule has 0 saturated carbocycles. The number of ether oxygens (including phenoxy) is 2. The summed E-state index contributed by atoms with van der Waals surface area (Å²) in [7, 11) is 3.23. The minimum atomic E-state index is -5.13. The number of methoxy groups -OCH3 is 2. The fraction of sp³-hybridized carbons (Fsp3) is 0.567. The van der Waals surface area contributed by atoms with Crippen molar-refractivity contribution in [2.75, 3.05) is 60.1 Å². The monoisotopic (exact) mass is 655 g/mol. The van der Waals surface area contributed by atoms with E-state index < -0.39 is 52.7 Å². The lowest BCUT2D eigenvalue weighted by molar-refractivity contribution is -0.143. The Balaban J connectivity index is 1.58. The number of alkyl halides is 9. The Labute approximate surface area is 254 Å². The van der Waals surface area contributed by atoms with Crippen molar-refractivity contribution in [3.63, 3.8) is 0 Å². The van der Waals surface area contributed by atoms with Gasteiger partial charge in [0.2, 0.25) is 0 Å². The number of piperazine rings is 1. The highest BCUT2D eigenvalue weighted by atomic mass is 19.4. The van der Waals surface area contributed by atoms with Gasteiger partial charge in [-0.15, -0.1) is 0 Å². The predicted octanol–water partition coefficient (Wildman–Crippen LogP) is 5.85. The van der Waals surface area contributed by atoms with Crippen LogP contribution < -0.4 is 0 Å². The summed E-state index contributed by atoms with van der Waals surface area (Å²) in [5.41, 5.74) is -4.43. The number of hydrogen-bond acceptors (Lipinski definition) is 5. The Bertz CT molecular complexity index is 1270. The van der Waals surface area contributed by atoms with Crippen LogP contribution in [0.5, 0.6) is 0 Å². The van der Waals surface area contributed by atoms with Crippen molar-refractivity contribution >= 4 is 5.91 Å². The highest BCUT2D eigenvalue weighted by Crippen LogP contribution is 2.37. The summed E-state index contributed by atoms with van der Waals surface area (Å²) in [6.45, 7) is 2.79. The molecule has 250 valence electrons.